The summed E-state index contributed by atoms with van der Waals surface area (Å²) in [4.78, 5) is 20.7. The number of hydrogen-bond acceptors (Lipinski definition) is 6. The first-order chi connectivity index (χ1) is 19.8. The summed E-state index contributed by atoms with van der Waals surface area (Å²) in [5, 5.41) is 10.1. The molecule has 1 atom stereocenters. The largest absolute Gasteiger partial charge is 0.478 e. The molecule has 1 N–H and O–H groups in total. The van der Waals surface area contributed by atoms with E-state index in [-0.39, 0.29) is 24.3 Å². The normalized spacial score (nSPS) is 14.6. The third-order valence-electron chi connectivity index (χ3n) is 6.68. The third-order valence-corrected chi connectivity index (χ3v) is 7.21. The first-order valence-electron chi connectivity index (χ1n) is 12.7. The maximum Gasteiger partial charge on any atom is 0.335 e. The minimum Gasteiger partial charge on any atom is -0.478 e. The van der Waals surface area contributed by atoms with Gasteiger partial charge < -0.3 is 19.3 Å². The Labute approximate surface area is 243 Å². The van der Waals surface area contributed by atoms with E-state index in [1.807, 2.05) is 4.57 Å². The Morgan fingerprint density at radius 1 is 1.07 bits per heavy atom. The lowest BCUT2D eigenvalue weighted by molar-refractivity contribution is -0.0593. The Morgan fingerprint density at radius 3 is 2.66 bits per heavy atom. The molecule has 2 aromatic heterocycles. The van der Waals surface area contributed by atoms with E-state index in [1.54, 1.807) is 60.7 Å². The second kappa shape index (κ2) is 11.4. The summed E-state index contributed by atoms with van der Waals surface area (Å²) in [6.45, 7) is 1.13. The zero-order valence-electron chi connectivity index (χ0n) is 21.4. The summed E-state index contributed by atoms with van der Waals surface area (Å²) in [7, 11) is 0. The Hall–Kier alpha value is -4.18. The summed E-state index contributed by atoms with van der Waals surface area (Å²) < 4.78 is 33.4. The molecule has 0 bridgehead atoms. The average molecular weight is 594 g/mol. The molecule has 41 heavy (non-hydrogen) atoms. The monoisotopic (exact) mass is 593 g/mol. The summed E-state index contributed by atoms with van der Waals surface area (Å²) in [6, 6.07) is 19.9. The number of hydrogen-bond donors (Lipinski definition) is 1. The van der Waals surface area contributed by atoms with Crippen molar-refractivity contribution in [3.8, 4) is 28.9 Å². The molecule has 11 heteroatoms. The van der Waals surface area contributed by atoms with Crippen LogP contribution in [0.1, 0.15) is 22.3 Å². The summed E-state index contributed by atoms with van der Waals surface area (Å²) in [5.41, 5.74) is 3.05. The van der Waals surface area contributed by atoms with Crippen molar-refractivity contribution in [1.82, 2.24) is 14.5 Å². The molecule has 1 unspecified atom stereocenters. The summed E-state index contributed by atoms with van der Waals surface area (Å²) in [5.74, 6) is -0.792. The number of rotatable bonds is 9. The first-order valence-corrected chi connectivity index (χ1v) is 13.5. The van der Waals surface area contributed by atoms with E-state index >= 15 is 0 Å². The smallest absolute Gasteiger partial charge is 0.335 e. The van der Waals surface area contributed by atoms with E-state index in [1.165, 1.54) is 12.1 Å². The number of benzene rings is 3. The van der Waals surface area contributed by atoms with Gasteiger partial charge in [-0.2, -0.15) is 4.98 Å². The van der Waals surface area contributed by atoms with E-state index in [0.29, 0.717) is 62.7 Å². The van der Waals surface area contributed by atoms with Crippen LogP contribution in [0.2, 0.25) is 10.0 Å². The van der Waals surface area contributed by atoms with Gasteiger partial charge in [-0.1, -0.05) is 35.3 Å². The van der Waals surface area contributed by atoms with E-state index in [9.17, 15) is 14.3 Å². The van der Waals surface area contributed by atoms with Crippen molar-refractivity contribution in [2.45, 2.75) is 25.7 Å². The molecule has 1 aliphatic heterocycles. The van der Waals surface area contributed by atoms with E-state index in [2.05, 4.69) is 9.97 Å². The van der Waals surface area contributed by atoms with Gasteiger partial charge in [0.1, 0.15) is 18.2 Å². The van der Waals surface area contributed by atoms with Crippen molar-refractivity contribution in [1.29, 1.82) is 0 Å². The molecule has 1 saturated heterocycles. The van der Waals surface area contributed by atoms with E-state index in [0.717, 1.165) is 6.42 Å². The van der Waals surface area contributed by atoms with Crippen molar-refractivity contribution in [3.05, 3.63) is 99.8 Å². The Morgan fingerprint density at radius 2 is 1.93 bits per heavy atom. The van der Waals surface area contributed by atoms with Crippen LogP contribution in [0.25, 0.3) is 22.3 Å². The van der Waals surface area contributed by atoms with Crippen LogP contribution in [0.3, 0.4) is 0 Å². The van der Waals surface area contributed by atoms with Gasteiger partial charge in [-0.15, -0.1) is 0 Å². The zero-order valence-corrected chi connectivity index (χ0v) is 22.9. The molecule has 1 aliphatic rings. The fraction of sp³-hybridized carbons (Fsp3) is 0.167. The Bertz CT molecular complexity index is 1770. The number of imidazole rings is 1. The highest BCUT2D eigenvalue weighted by molar-refractivity contribution is 6.32. The lowest BCUT2D eigenvalue weighted by Crippen LogP contribution is -2.31. The molecular formula is C30H22Cl2FN3O5. The number of halogens is 3. The summed E-state index contributed by atoms with van der Waals surface area (Å²) >= 11 is 12.4. The van der Waals surface area contributed by atoms with Crippen molar-refractivity contribution < 1.29 is 28.5 Å². The topological polar surface area (TPSA) is 95.7 Å². The molecule has 0 aliphatic carbocycles. The predicted molar refractivity (Wildman–Crippen MR) is 152 cm³/mol. The minimum absolute atomic E-state index is 0.00611. The molecular weight excluding hydrogens is 572 g/mol. The van der Waals surface area contributed by atoms with Gasteiger partial charge in [0.2, 0.25) is 5.88 Å². The standard InChI is InChI=1S/C30H22Cl2FN3O5/c31-20-7-4-19(23(33)14-20)16-40-28-3-1-2-24(34-28)17-6-9-27(22(32)12-17)41-30-35-25-8-5-18(29(37)38)13-26(25)36(30)15-21-10-11-39-21/h1-9,12-14,21H,10-11,15-16H2,(H,37,38). The van der Waals surface area contributed by atoms with Crippen LogP contribution in [-0.4, -0.2) is 38.3 Å². The third kappa shape index (κ3) is 5.83. The van der Waals surface area contributed by atoms with Gasteiger partial charge >= 0.3 is 12.0 Å². The molecule has 1 fully saturated rings. The maximum atomic E-state index is 14.1. The molecule has 3 heterocycles. The van der Waals surface area contributed by atoms with Crippen molar-refractivity contribution in [3.63, 3.8) is 0 Å². The van der Waals surface area contributed by atoms with Crippen LogP contribution < -0.4 is 9.47 Å². The second-order valence-electron chi connectivity index (χ2n) is 9.43. The molecule has 208 valence electrons. The molecule has 0 saturated carbocycles. The SMILES string of the molecule is O=C(O)c1ccc2nc(Oc3ccc(-c4cccc(OCc5ccc(Cl)cc5F)n4)cc3Cl)n(CC3CCO3)c2c1. The Balaban J connectivity index is 1.24. The van der Waals surface area contributed by atoms with Gasteiger partial charge in [-0.25, -0.2) is 14.2 Å². The van der Waals surface area contributed by atoms with Gasteiger partial charge in [0, 0.05) is 28.8 Å². The van der Waals surface area contributed by atoms with Gasteiger partial charge in [-0.3, -0.25) is 4.57 Å². The number of carboxylic acid groups (broad SMARTS) is 1. The van der Waals surface area contributed by atoms with Crippen molar-refractivity contribution in [2.24, 2.45) is 0 Å². The van der Waals surface area contributed by atoms with Crippen LogP contribution in [0, 0.1) is 5.82 Å². The highest BCUT2D eigenvalue weighted by Crippen LogP contribution is 2.35. The number of carboxylic acids is 1. The van der Waals surface area contributed by atoms with Crippen LogP contribution in [0.4, 0.5) is 4.39 Å². The van der Waals surface area contributed by atoms with Gasteiger partial charge in [0.15, 0.2) is 0 Å². The van der Waals surface area contributed by atoms with Crippen molar-refractivity contribution in [2.75, 3.05) is 6.61 Å². The molecule has 6 rings (SSSR count). The molecule has 8 nitrogen and oxygen atoms in total. The summed E-state index contributed by atoms with van der Waals surface area (Å²) in [6.07, 6.45) is 0.871. The number of fused-ring (bicyclic) bond motifs is 1. The minimum atomic E-state index is -1.03. The average Bonchev–Trinajstić information content (AvgIpc) is 3.27. The highest BCUT2D eigenvalue weighted by Gasteiger charge is 2.24. The number of carbonyl (C=O) groups is 1. The fourth-order valence-electron chi connectivity index (χ4n) is 4.41. The lowest BCUT2D eigenvalue weighted by atomic mass is 10.1. The fourth-order valence-corrected chi connectivity index (χ4v) is 4.79. The molecule has 0 radical (unpaired) electrons. The first kappa shape index (κ1) is 27.0. The Kier molecular flexibility index (Phi) is 7.49. The molecule has 5 aromatic rings. The number of aromatic nitrogens is 3. The van der Waals surface area contributed by atoms with Gasteiger partial charge in [0.25, 0.3) is 0 Å². The second-order valence-corrected chi connectivity index (χ2v) is 10.3. The van der Waals surface area contributed by atoms with Crippen LogP contribution in [0.15, 0.2) is 72.8 Å². The number of pyridine rings is 1. The van der Waals surface area contributed by atoms with Crippen molar-refractivity contribution >= 4 is 40.2 Å². The predicted octanol–water partition coefficient (Wildman–Crippen LogP) is 7.40. The maximum absolute atomic E-state index is 14.1. The van der Waals surface area contributed by atoms with E-state index in [4.69, 9.17) is 37.4 Å². The molecule has 3 aromatic carbocycles. The van der Waals surface area contributed by atoms with Crippen LogP contribution in [0.5, 0.6) is 17.6 Å². The number of nitrogens with zero attached hydrogens (tertiary/aromatic N) is 3. The highest BCUT2D eigenvalue weighted by atomic mass is 35.5. The van der Waals surface area contributed by atoms with E-state index < -0.39 is 11.8 Å². The van der Waals surface area contributed by atoms with Crippen LogP contribution >= 0.6 is 23.2 Å². The quantitative estimate of drug-likeness (QED) is 0.190. The zero-order chi connectivity index (χ0) is 28.5. The van der Waals surface area contributed by atoms with Crippen LogP contribution in [-0.2, 0) is 17.9 Å². The molecule has 0 spiro atoms. The number of aromatic carboxylic acids is 1. The lowest BCUT2D eigenvalue weighted by Gasteiger charge is -2.27. The van der Waals surface area contributed by atoms with Gasteiger partial charge in [0.05, 0.1) is 40.0 Å². The number of ether oxygens (including phenoxy) is 3. The van der Waals surface area contributed by atoms with Gasteiger partial charge in [-0.05, 0) is 61.0 Å². The molecule has 0 amide bonds.